The SMILES string of the molecule is CC(=O)Nc1nc(C)c(-c2cc(Cl)c3c(c2)CN(C(C)C2CC2)C3)s1. The van der Waals surface area contributed by atoms with Crippen molar-refractivity contribution in [2.24, 2.45) is 5.92 Å². The highest BCUT2D eigenvalue weighted by molar-refractivity contribution is 7.19. The van der Waals surface area contributed by atoms with Crippen LogP contribution in [0.4, 0.5) is 5.13 Å². The average molecular weight is 376 g/mol. The summed E-state index contributed by atoms with van der Waals surface area (Å²) in [4.78, 5) is 19.3. The van der Waals surface area contributed by atoms with Crippen LogP contribution < -0.4 is 5.32 Å². The van der Waals surface area contributed by atoms with E-state index in [9.17, 15) is 4.79 Å². The number of halogens is 1. The highest BCUT2D eigenvalue weighted by Gasteiger charge is 2.35. The van der Waals surface area contributed by atoms with Crippen LogP contribution >= 0.6 is 22.9 Å². The summed E-state index contributed by atoms with van der Waals surface area (Å²) < 4.78 is 0. The molecule has 0 bridgehead atoms. The van der Waals surface area contributed by atoms with Gasteiger partial charge in [-0.1, -0.05) is 22.9 Å². The molecule has 4 nitrogen and oxygen atoms in total. The standard InChI is InChI=1S/C19H22ClN3OS/c1-10-18(25-19(21-10)22-12(3)24)14-6-15-8-23(11(2)13-4-5-13)9-16(15)17(20)7-14/h6-7,11,13H,4-5,8-9H2,1-3H3,(H,21,22,24). The predicted molar refractivity (Wildman–Crippen MR) is 103 cm³/mol. The highest BCUT2D eigenvalue weighted by Crippen LogP contribution is 2.42. The van der Waals surface area contributed by atoms with Gasteiger partial charge in [-0.05, 0) is 61.4 Å². The van der Waals surface area contributed by atoms with E-state index in [1.165, 1.54) is 42.2 Å². The molecule has 4 rings (SSSR count). The average Bonchev–Trinajstić information content (AvgIpc) is 3.20. The fourth-order valence-corrected chi connectivity index (χ4v) is 4.95. The van der Waals surface area contributed by atoms with Crippen LogP contribution in [-0.4, -0.2) is 21.8 Å². The van der Waals surface area contributed by atoms with E-state index in [1.54, 1.807) is 0 Å². The van der Waals surface area contributed by atoms with Gasteiger partial charge in [-0.2, -0.15) is 0 Å². The monoisotopic (exact) mass is 375 g/mol. The van der Waals surface area contributed by atoms with Gasteiger partial charge in [-0.3, -0.25) is 9.69 Å². The Morgan fingerprint density at radius 3 is 2.84 bits per heavy atom. The van der Waals surface area contributed by atoms with Gasteiger partial charge in [0.1, 0.15) is 0 Å². The van der Waals surface area contributed by atoms with E-state index in [1.807, 2.05) is 13.0 Å². The number of rotatable bonds is 4. The van der Waals surface area contributed by atoms with Gasteiger partial charge in [0.05, 0.1) is 10.6 Å². The number of thiazole rings is 1. The number of nitrogens with one attached hydrogen (secondary N) is 1. The Morgan fingerprint density at radius 1 is 1.40 bits per heavy atom. The first-order chi connectivity index (χ1) is 11.9. The fourth-order valence-electron chi connectivity index (χ4n) is 3.65. The lowest BCUT2D eigenvalue weighted by atomic mass is 10.0. The van der Waals surface area contributed by atoms with Gasteiger partial charge in [0.25, 0.3) is 0 Å². The third-order valence-corrected chi connectivity index (χ3v) is 6.70. The van der Waals surface area contributed by atoms with Crippen LogP contribution in [0.15, 0.2) is 12.1 Å². The van der Waals surface area contributed by atoms with Crippen molar-refractivity contribution in [1.29, 1.82) is 0 Å². The minimum Gasteiger partial charge on any atom is -0.302 e. The van der Waals surface area contributed by atoms with Gasteiger partial charge in [-0.25, -0.2) is 4.98 Å². The minimum atomic E-state index is -0.100. The number of fused-ring (bicyclic) bond motifs is 1. The van der Waals surface area contributed by atoms with Crippen LogP contribution in [0, 0.1) is 12.8 Å². The number of benzene rings is 1. The molecule has 132 valence electrons. The Kier molecular flexibility index (Phi) is 4.34. The van der Waals surface area contributed by atoms with E-state index in [4.69, 9.17) is 11.6 Å². The second-order valence-corrected chi connectivity index (χ2v) is 8.60. The van der Waals surface area contributed by atoms with Gasteiger partial charge in [0.2, 0.25) is 5.91 Å². The third kappa shape index (κ3) is 3.33. The summed E-state index contributed by atoms with van der Waals surface area (Å²) >= 11 is 8.12. The molecule has 2 aromatic rings. The molecular formula is C19H22ClN3OS. The normalized spacial score (nSPS) is 18.2. The van der Waals surface area contributed by atoms with Gasteiger partial charge in [0, 0.05) is 31.1 Å². The van der Waals surface area contributed by atoms with Crippen molar-refractivity contribution in [2.75, 3.05) is 5.32 Å². The van der Waals surface area contributed by atoms with Crippen molar-refractivity contribution < 1.29 is 4.79 Å². The molecule has 1 aromatic carbocycles. The lowest BCUT2D eigenvalue weighted by Crippen LogP contribution is -2.29. The fraction of sp³-hybridized carbons (Fsp3) is 0.474. The highest BCUT2D eigenvalue weighted by atomic mass is 35.5. The van der Waals surface area contributed by atoms with Crippen LogP contribution in [0.2, 0.25) is 5.02 Å². The van der Waals surface area contributed by atoms with Crippen molar-refractivity contribution in [2.45, 2.75) is 52.7 Å². The quantitative estimate of drug-likeness (QED) is 0.831. The van der Waals surface area contributed by atoms with Crippen LogP contribution in [0.3, 0.4) is 0 Å². The molecule has 6 heteroatoms. The lowest BCUT2D eigenvalue weighted by Gasteiger charge is -2.23. The number of carbonyl (C=O) groups excluding carboxylic acids is 1. The van der Waals surface area contributed by atoms with E-state index >= 15 is 0 Å². The van der Waals surface area contributed by atoms with Crippen LogP contribution in [0.1, 0.15) is 43.5 Å². The summed E-state index contributed by atoms with van der Waals surface area (Å²) in [6, 6.07) is 4.92. The molecule has 1 unspecified atom stereocenters. The number of aromatic nitrogens is 1. The number of amides is 1. The maximum absolute atomic E-state index is 11.3. The van der Waals surface area contributed by atoms with Crippen molar-refractivity contribution in [3.05, 3.63) is 34.0 Å². The molecule has 1 saturated carbocycles. The Bertz CT molecular complexity index is 843. The molecule has 0 spiro atoms. The summed E-state index contributed by atoms with van der Waals surface area (Å²) in [5.74, 6) is 0.758. The van der Waals surface area contributed by atoms with Gasteiger partial charge in [0.15, 0.2) is 5.13 Å². The van der Waals surface area contributed by atoms with E-state index in [2.05, 4.69) is 28.2 Å². The van der Waals surface area contributed by atoms with Crippen LogP contribution in [0.5, 0.6) is 0 Å². The van der Waals surface area contributed by atoms with Crippen molar-refractivity contribution in [1.82, 2.24) is 9.88 Å². The van der Waals surface area contributed by atoms with Gasteiger partial charge >= 0.3 is 0 Å². The molecule has 2 heterocycles. The minimum absolute atomic E-state index is 0.100. The zero-order chi connectivity index (χ0) is 17.7. The Labute approximate surface area is 157 Å². The molecule has 1 atom stereocenters. The van der Waals surface area contributed by atoms with E-state index in [0.717, 1.165) is 40.2 Å². The number of aryl methyl sites for hydroxylation is 1. The first kappa shape index (κ1) is 17.0. The number of carbonyl (C=O) groups is 1. The summed E-state index contributed by atoms with van der Waals surface area (Å²) in [6.07, 6.45) is 2.72. The molecule has 1 aliphatic carbocycles. The number of hydrogen-bond acceptors (Lipinski definition) is 4. The zero-order valence-electron chi connectivity index (χ0n) is 14.7. The van der Waals surface area contributed by atoms with Gasteiger partial charge < -0.3 is 5.32 Å². The first-order valence-electron chi connectivity index (χ1n) is 8.73. The maximum atomic E-state index is 11.3. The summed E-state index contributed by atoms with van der Waals surface area (Å²) in [5, 5.41) is 4.25. The van der Waals surface area contributed by atoms with E-state index in [0.29, 0.717) is 11.2 Å². The first-order valence-corrected chi connectivity index (χ1v) is 9.92. The van der Waals surface area contributed by atoms with Crippen molar-refractivity contribution >= 4 is 34.0 Å². The van der Waals surface area contributed by atoms with E-state index in [-0.39, 0.29) is 5.91 Å². The van der Waals surface area contributed by atoms with Crippen molar-refractivity contribution in [3.8, 4) is 10.4 Å². The zero-order valence-corrected chi connectivity index (χ0v) is 16.3. The molecule has 0 radical (unpaired) electrons. The topological polar surface area (TPSA) is 45.2 Å². The second-order valence-electron chi connectivity index (χ2n) is 7.19. The molecule has 25 heavy (non-hydrogen) atoms. The third-order valence-electron chi connectivity index (χ3n) is 5.24. The molecule has 1 aromatic heterocycles. The molecule has 2 aliphatic rings. The summed E-state index contributed by atoms with van der Waals surface area (Å²) in [5.41, 5.74) is 4.60. The predicted octanol–water partition coefficient (Wildman–Crippen LogP) is 4.84. The second kappa shape index (κ2) is 6.38. The number of hydrogen-bond donors (Lipinski definition) is 1. The molecule has 1 fully saturated rings. The Hall–Kier alpha value is -1.43. The lowest BCUT2D eigenvalue weighted by molar-refractivity contribution is -0.114. The molecule has 1 aliphatic heterocycles. The summed E-state index contributed by atoms with van der Waals surface area (Å²) in [7, 11) is 0. The summed E-state index contributed by atoms with van der Waals surface area (Å²) in [6.45, 7) is 7.73. The number of nitrogens with zero attached hydrogens (tertiary/aromatic N) is 2. The Balaban J connectivity index is 1.63. The molecule has 0 saturated heterocycles. The molecule has 1 N–H and O–H groups in total. The smallest absolute Gasteiger partial charge is 0.223 e. The van der Waals surface area contributed by atoms with Gasteiger partial charge in [-0.15, -0.1) is 0 Å². The molecular weight excluding hydrogens is 354 g/mol. The maximum Gasteiger partial charge on any atom is 0.223 e. The van der Waals surface area contributed by atoms with E-state index < -0.39 is 0 Å². The molecule has 1 amide bonds. The largest absolute Gasteiger partial charge is 0.302 e. The Morgan fingerprint density at radius 2 is 2.16 bits per heavy atom. The van der Waals surface area contributed by atoms with Crippen molar-refractivity contribution in [3.63, 3.8) is 0 Å². The van der Waals surface area contributed by atoms with Crippen LogP contribution in [0.25, 0.3) is 10.4 Å². The number of anilines is 1. The van der Waals surface area contributed by atoms with Crippen LogP contribution in [-0.2, 0) is 17.9 Å².